The molecule has 184 valence electrons. The molecule has 1 saturated carbocycles. The summed E-state index contributed by atoms with van der Waals surface area (Å²) in [4.78, 5) is 23.1. The number of pyridine rings is 3. The smallest absolute Gasteiger partial charge is 0.161 e. The number of thiophene rings is 1. The predicted molar refractivity (Wildman–Crippen MR) is 147 cm³/mol. The fraction of sp³-hybridized carbons (Fsp3) is 0.250. The van der Waals surface area contributed by atoms with E-state index in [-0.39, 0.29) is 0 Å². The van der Waals surface area contributed by atoms with E-state index in [0.29, 0.717) is 11.5 Å². The largest absolute Gasteiger partial charge is 0.321 e. The molecule has 1 aliphatic rings. The summed E-state index contributed by atoms with van der Waals surface area (Å²) in [5.41, 5.74) is 7.28. The maximum absolute atomic E-state index is 4.90. The lowest BCUT2D eigenvalue weighted by atomic mass is 10.1. The zero-order valence-corrected chi connectivity index (χ0v) is 21.1. The number of rotatable bonds is 7. The number of hydrogen-bond acceptors (Lipinski definition) is 7. The maximum atomic E-state index is 4.90. The van der Waals surface area contributed by atoms with Crippen LogP contribution in [0.1, 0.15) is 31.2 Å². The van der Waals surface area contributed by atoms with Crippen molar-refractivity contribution in [2.24, 2.45) is 5.92 Å². The highest BCUT2D eigenvalue weighted by atomic mass is 32.1. The third-order valence-corrected chi connectivity index (χ3v) is 8.08. The zero-order chi connectivity index (χ0) is 24.6. The van der Waals surface area contributed by atoms with Gasteiger partial charge in [-0.1, -0.05) is 18.9 Å². The molecule has 9 heteroatoms. The molecule has 0 aliphatic heterocycles. The lowest BCUT2D eigenvalue weighted by Gasteiger charge is -2.11. The highest BCUT2D eigenvalue weighted by Gasteiger charge is 2.18. The Labute approximate surface area is 217 Å². The van der Waals surface area contributed by atoms with E-state index in [1.54, 1.807) is 11.3 Å². The second kappa shape index (κ2) is 9.49. The maximum Gasteiger partial charge on any atom is 0.161 e. The van der Waals surface area contributed by atoms with Crippen LogP contribution >= 0.6 is 11.3 Å². The van der Waals surface area contributed by atoms with Crippen LogP contribution in [0.3, 0.4) is 0 Å². The van der Waals surface area contributed by atoms with Gasteiger partial charge in [0.25, 0.3) is 0 Å². The number of imidazole rings is 1. The van der Waals surface area contributed by atoms with Gasteiger partial charge in [-0.2, -0.15) is 5.10 Å². The lowest BCUT2D eigenvalue weighted by Crippen LogP contribution is -2.20. The Hall–Kier alpha value is -3.95. The minimum Gasteiger partial charge on any atom is -0.321 e. The van der Waals surface area contributed by atoms with Gasteiger partial charge in [0.15, 0.2) is 17.1 Å². The molecule has 0 atom stereocenters. The standard InChI is InChI=1S/C28H26N8S/c1-2-5-17(4-1)12-29-13-18-10-19(15-30-14-18)20-11-22-25(35-36-26(22)32-16-20)28-33-24-21(23-6-3-9-37-23)7-8-31-27(24)34-28/h3,6-11,14-17,29H,1-2,4-5,12-13H2,(H,31,33,34)(H,32,35,36). The first-order valence-corrected chi connectivity index (χ1v) is 13.6. The molecule has 0 unspecified atom stereocenters. The van der Waals surface area contributed by atoms with Gasteiger partial charge in [0.1, 0.15) is 11.2 Å². The molecule has 3 N–H and O–H groups in total. The lowest BCUT2D eigenvalue weighted by molar-refractivity contribution is 0.489. The van der Waals surface area contributed by atoms with Gasteiger partial charge in [0, 0.05) is 52.9 Å². The van der Waals surface area contributed by atoms with Gasteiger partial charge < -0.3 is 10.3 Å². The van der Waals surface area contributed by atoms with Crippen LogP contribution < -0.4 is 5.32 Å². The molecule has 7 rings (SSSR count). The van der Waals surface area contributed by atoms with Crippen molar-refractivity contribution in [2.45, 2.75) is 32.2 Å². The second-order valence-corrected chi connectivity index (χ2v) is 10.6. The van der Waals surface area contributed by atoms with Crippen molar-refractivity contribution in [3.05, 3.63) is 66.1 Å². The molecular formula is C28H26N8S. The molecule has 0 amide bonds. The minimum atomic E-state index is 0.666. The van der Waals surface area contributed by atoms with Crippen molar-refractivity contribution in [1.82, 2.24) is 40.4 Å². The van der Waals surface area contributed by atoms with E-state index in [4.69, 9.17) is 4.98 Å². The Morgan fingerprint density at radius 1 is 1.00 bits per heavy atom. The van der Waals surface area contributed by atoms with Crippen molar-refractivity contribution in [2.75, 3.05) is 6.54 Å². The average Bonchev–Trinajstić information content (AvgIpc) is 3.74. The second-order valence-electron chi connectivity index (χ2n) is 9.67. The van der Waals surface area contributed by atoms with Crippen LogP contribution in [0.15, 0.2) is 60.5 Å². The predicted octanol–water partition coefficient (Wildman–Crippen LogP) is 5.97. The van der Waals surface area contributed by atoms with E-state index in [1.807, 2.05) is 36.9 Å². The van der Waals surface area contributed by atoms with Gasteiger partial charge in [0.2, 0.25) is 0 Å². The number of fused-ring (bicyclic) bond motifs is 2. The van der Waals surface area contributed by atoms with E-state index < -0.39 is 0 Å². The minimum absolute atomic E-state index is 0.666. The summed E-state index contributed by atoms with van der Waals surface area (Å²) in [6.07, 6.45) is 12.9. The Morgan fingerprint density at radius 3 is 2.81 bits per heavy atom. The van der Waals surface area contributed by atoms with Crippen LogP contribution in [0.5, 0.6) is 0 Å². The summed E-state index contributed by atoms with van der Waals surface area (Å²) >= 11 is 1.69. The number of aromatic nitrogens is 7. The van der Waals surface area contributed by atoms with Crippen LogP contribution in [0, 0.1) is 5.92 Å². The summed E-state index contributed by atoms with van der Waals surface area (Å²) < 4.78 is 0. The first-order valence-electron chi connectivity index (χ1n) is 12.7. The highest BCUT2D eigenvalue weighted by Crippen LogP contribution is 2.33. The third kappa shape index (κ3) is 4.30. The molecule has 0 aromatic carbocycles. The van der Waals surface area contributed by atoms with Crippen molar-refractivity contribution >= 4 is 33.5 Å². The Kier molecular flexibility index (Phi) is 5.71. The molecule has 0 saturated heterocycles. The zero-order valence-electron chi connectivity index (χ0n) is 20.2. The van der Waals surface area contributed by atoms with Crippen LogP contribution in [0.25, 0.3) is 55.3 Å². The summed E-state index contributed by atoms with van der Waals surface area (Å²) in [7, 11) is 0. The van der Waals surface area contributed by atoms with Crippen LogP contribution in [-0.4, -0.2) is 41.7 Å². The molecular weight excluding hydrogens is 480 g/mol. The summed E-state index contributed by atoms with van der Waals surface area (Å²) in [6, 6.07) is 10.4. The van der Waals surface area contributed by atoms with Crippen LogP contribution in [0.4, 0.5) is 0 Å². The first-order chi connectivity index (χ1) is 18.3. The van der Waals surface area contributed by atoms with Gasteiger partial charge in [-0.05, 0) is 60.5 Å². The molecule has 6 aromatic rings. The SMILES string of the molecule is c1csc(-c2ccnc3[nH]c(-c4n[nH]c5ncc(-c6cncc(CNCC7CCCC7)c6)cc45)nc23)c1. The van der Waals surface area contributed by atoms with Gasteiger partial charge in [-0.15, -0.1) is 11.3 Å². The monoisotopic (exact) mass is 506 g/mol. The van der Waals surface area contributed by atoms with E-state index in [9.17, 15) is 0 Å². The van der Waals surface area contributed by atoms with Crippen molar-refractivity contribution in [1.29, 1.82) is 0 Å². The third-order valence-electron chi connectivity index (χ3n) is 7.18. The fourth-order valence-corrected chi connectivity index (χ4v) is 6.02. The van der Waals surface area contributed by atoms with Crippen molar-refractivity contribution < 1.29 is 0 Å². The van der Waals surface area contributed by atoms with Gasteiger partial charge in [0.05, 0.1) is 5.39 Å². The highest BCUT2D eigenvalue weighted by molar-refractivity contribution is 7.13. The van der Waals surface area contributed by atoms with Gasteiger partial charge >= 0.3 is 0 Å². The number of nitrogens with zero attached hydrogens (tertiary/aromatic N) is 5. The topological polar surface area (TPSA) is 108 Å². The molecule has 0 spiro atoms. The van der Waals surface area contributed by atoms with E-state index in [0.717, 1.165) is 62.8 Å². The normalized spacial score (nSPS) is 14.3. The van der Waals surface area contributed by atoms with Gasteiger partial charge in [-0.3, -0.25) is 10.1 Å². The van der Waals surface area contributed by atoms with E-state index >= 15 is 0 Å². The average molecular weight is 507 g/mol. The summed E-state index contributed by atoms with van der Waals surface area (Å²) in [5.74, 6) is 1.48. The van der Waals surface area contributed by atoms with Gasteiger partial charge in [-0.25, -0.2) is 15.0 Å². The van der Waals surface area contributed by atoms with Crippen LogP contribution in [-0.2, 0) is 6.54 Å². The summed E-state index contributed by atoms with van der Waals surface area (Å²) in [5, 5.41) is 14.2. The first kappa shape index (κ1) is 22.3. The van der Waals surface area contributed by atoms with E-state index in [1.165, 1.54) is 31.2 Å². The Bertz CT molecular complexity index is 1680. The molecule has 8 nitrogen and oxygen atoms in total. The van der Waals surface area contributed by atoms with Crippen molar-refractivity contribution in [3.63, 3.8) is 0 Å². The van der Waals surface area contributed by atoms with Crippen molar-refractivity contribution in [3.8, 4) is 33.1 Å². The van der Waals surface area contributed by atoms with Crippen LogP contribution in [0.2, 0.25) is 0 Å². The number of nitrogens with one attached hydrogen (secondary N) is 3. The molecule has 6 aromatic heterocycles. The molecule has 1 aliphatic carbocycles. The quantitative estimate of drug-likeness (QED) is 0.246. The molecule has 0 radical (unpaired) electrons. The number of H-pyrrole nitrogens is 2. The molecule has 6 heterocycles. The molecule has 1 fully saturated rings. The Balaban J connectivity index is 1.20. The summed E-state index contributed by atoms with van der Waals surface area (Å²) in [6.45, 7) is 1.90. The molecule has 0 bridgehead atoms. The number of aromatic amines is 2. The fourth-order valence-electron chi connectivity index (χ4n) is 5.27. The number of hydrogen-bond donors (Lipinski definition) is 3. The van der Waals surface area contributed by atoms with E-state index in [2.05, 4.69) is 59.0 Å². The molecule has 37 heavy (non-hydrogen) atoms. The Morgan fingerprint density at radius 2 is 1.92 bits per heavy atom.